The Kier molecular flexibility index (Phi) is 5.00. The second-order valence-electron chi connectivity index (χ2n) is 8.01. The lowest BCUT2D eigenvalue weighted by molar-refractivity contribution is -0.123. The first-order valence-corrected chi connectivity index (χ1v) is 10.2. The fourth-order valence-corrected chi connectivity index (χ4v) is 4.92. The van der Waals surface area contributed by atoms with Crippen molar-refractivity contribution in [1.82, 2.24) is 0 Å². The van der Waals surface area contributed by atoms with Gasteiger partial charge in [0.2, 0.25) is 5.91 Å². The number of rotatable bonds is 3. The highest BCUT2D eigenvalue weighted by atomic mass is 35.5. The van der Waals surface area contributed by atoms with Crippen molar-refractivity contribution in [2.45, 2.75) is 51.7 Å². The third-order valence-corrected chi connectivity index (χ3v) is 6.64. The van der Waals surface area contributed by atoms with Crippen LogP contribution in [0.4, 0.5) is 5.69 Å². The van der Waals surface area contributed by atoms with E-state index >= 15 is 0 Å². The number of fused-ring (bicyclic) bond motifs is 2. The molecule has 0 radical (unpaired) electrons. The number of hydrogen-bond acceptors (Lipinski definition) is 2. The fourth-order valence-electron chi connectivity index (χ4n) is 4.79. The van der Waals surface area contributed by atoms with Crippen LogP contribution in [-0.2, 0) is 21.7 Å². The summed E-state index contributed by atoms with van der Waals surface area (Å²) in [7, 11) is 0. The third kappa shape index (κ3) is 3.51. The molecule has 1 aliphatic heterocycles. The fraction of sp³-hybridized carbons (Fsp3) is 0.435. The van der Waals surface area contributed by atoms with E-state index in [-0.39, 0.29) is 17.4 Å². The van der Waals surface area contributed by atoms with E-state index in [4.69, 9.17) is 16.3 Å². The largest absolute Gasteiger partial charge is 0.366 e. The zero-order chi connectivity index (χ0) is 19.0. The van der Waals surface area contributed by atoms with Crippen molar-refractivity contribution in [1.29, 1.82) is 0 Å². The maximum atomic E-state index is 12.7. The van der Waals surface area contributed by atoms with Crippen LogP contribution in [0.3, 0.4) is 0 Å². The second kappa shape index (κ2) is 7.29. The number of anilines is 1. The van der Waals surface area contributed by atoms with Gasteiger partial charge in [0, 0.05) is 16.6 Å². The Labute approximate surface area is 166 Å². The highest BCUT2D eigenvalue weighted by molar-refractivity contribution is 6.30. The average Bonchev–Trinajstić information content (AvgIpc) is 3.03. The number of amides is 1. The van der Waals surface area contributed by atoms with Gasteiger partial charge in [0.25, 0.3) is 0 Å². The molecule has 1 saturated carbocycles. The minimum Gasteiger partial charge on any atom is -0.366 e. The normalized spacial score (nSPS) is 25.2. The van der Waals surface area contributed by atoms with Gasteiger partial charge in [-0.05, 0) is 79.5 Å². The van der Waals surface area contributed by atoms with Crippen LogP contribution < -0.4 is 5.32 Å². The molecule has 0 saturated heterocycles. The molecule has 1 fully saturated rings. The maximum absolute atomic E-state index is 12.7. The zero-order valence-corrected chi connectivity index (χ0v) is 16.7. The van der Waals surface area contributed by atoms with Crippen LogP contribution in [0.2, 0.25) is 5.02 Å². The van der Waals surface area contributed by atoms with E-state index in [2.05, 4.69) is 30.4 Å². The second-order valence-corrected chi connectivity index (χ2v) is 8.45. The van der Waals surface area contributed by atoms with Gasteiger partial charge in [-0.25, -0.2) is 0 Å². The number of ether oxygens (including phenoxy) is 1. The molecule has 1 aliphatic carbocycles. The number of nitrogens with one attached hydrogen (secondary N) is 1. The summed E-state index contributed by atoms with van der Waals surface area (Å²) in [6.45, 7) is 4.94. The van der Waals surface area contributed by atoms with Gasteiger partial charge < -0.3 is 10.1 Å². The predicted octanol–water partition coefficient (Wildman–Crippen LogP) is 5.84. The lowest BCUT2D eigenvalue weighted by atomic mass is 9.70. The number of aryl methyl sites for hydroxylation is 1. The van der Waals surface area contributed by atoms with Crippen LogP contribution in [0.15, 0.2) is 42.5 Å². The average molecular weight is 384 g/mol. The molecule has 3 nitrogen and oxygen atoms in total. The summed E-state index contributed by atoms with van der Waals surface area (Å²) in [6, 6.07) is 13.8. The molecule has 0 bridgehead atoms. The Hall–Kier alpha value is -1.84. The summed E-state index contributed by atoms with van der Waals surface area (Å²) in [5, 5.41) is 3.70. The highest BCUT2D eigenvalue weighted by Crippen LogP contribution is 2.50. The molecule has 1 N–H and O–H groups in total. The summed E-state index contributed by atoms with van der Waals surface area (Å²) >= 11 is 5.91. The summed E-state index contributed by atoms with van der Waals surface area (Å²) in [6.07, 6.45) is 4.02. The molecule has 1 unspecified atom stereocenters. The van der Waals surface area contributed by atoms with Crippen molar-refractivity contribution in [3.63, 3.8) is 0 Å². The van der Waals surface area contributed by atoms with Gasteiger partial charge in [-0.3, -0.25) is 4.79 Å². The van der Waals surface area contributed by atoms with Crippen molar-refractivity contribution in [2.24, 2.45) is 11.8 Å². The van der Waals surface area contributed by atoms with E-state index in [0.717, 1.165) is 31.4 Å². The number of benzene rings is 2. The molecular formula is C23H26ClNO2. The lowest BCUT2D eigenvalue weighted by Crippen LogP contribution is -2.36. The lowest BCUT2D eigenvalue weighted by Gasteiger charge is -2.39. The Morgan fingerprint density at radius 3 is 2.59 bits per heavy atom. The third-order valence-electron chi connectivity index (χ3n) is 6.39. The van der Waals surface area contributed by atoms with Crippen molar-refractivity contribution in [2.75, 3.05) is 5.32 Å². The van der Waals surface area contributed by atoms with Gasteiger partial charge in [-0.1, -0.05) is 36.7 Å². The van der Waals surface area contributed by atoms with E-state index in [1.165, 1.54) is 16.7 Å². The molecule has 1 amide bonds. The van der Waals surface area contributed by atoms with E-state index in [1.54, 1.807) is 12.1 Å². The molecule has 4 rings (SSSR count). The van der Waals surface area contributed by atoms with Crippen LogP contribution in [-0.4, -0.2) is 5.91 Å². The summed E-state index contributed by atoms with van der Waals surface area (Å²) in [4.78, 5) is 12.7. The number of hydrogen-bond donors (Lipinski definition) is 1. The molecule has 2 aliphatic rings. The molecule has 4 heteroatoms. The first-order chi connectivity index (χ1) is 13.0. The van der Waals surface area contributed by atoms with Gasteiger partial charge in [0.1, 0.15) is 0 Å². The van der Waals surface area contributed by atoms with Gasteiger partial charge in [0.05, 0.1) is 12.2 Å². The minimum atomic E-state index is -0.135. The Balaban J connectivity index is 1.41. The zero-order valence-electron chi connectivity index (χ0n) is 15.9. The standard InChI is InChI=1S/C23H26ClNO2/c1-15-4-3-5-18-14-27-23(21(15)18)12-10-17(11-13-23)16(2)22(26)25-20-8-6-19(24)7-9-20/h3-9,16-17H,10-14H2,1-2H3,(H,25,26)/t16?,17-,23-. The van der Waals surface area contributed by atoms with E-state index < -0.39 is 0 Å². The predicted molar refractivity (Wildman–Crippen MR) is 109 cm³/mol. The molecule has 142 valence electrons. The summed E-state index contributed by atoms with van der Waals surface area (Å²) in [5.74, 6) is 0.456. The van der Waals surface area contributed by atoms with Crippen molar-refractivity contribution < 1.29 is 9.53 Å². The van der Waals surface area contributed by atoms with Crippen LogP contribution in [0, 0.1) is 18.8 Å². The number of carbonyl (C=O) groups excluding carboxylic acids is 1. The monoisotopic (exact) mass is 383 g/mol. The molecule has 2 aromatic rings. The van der Waals surface area contributed by atoms with Gasteiger partial charge in [-0.15, -0.1) is 0 Å². The van der Waals surface area contributed by atoms with Crippen molar-refractivity contribution in [3.05, 3.63) is 64.2 Å². The van der Waals surface area contributed by atoms with E-state index in [1.807, 2.05) is 19.1 Å². The van der Waals surface area contributed by atoms with E-state index in [9.17, 15) is 4.79 Å². The smallest absolute Gasteiger partial charge is 0.227 e. The first-order valence-electron chi connectivity index (χ1n) is 9.78. The molecule has 27 heavy (non-hydrogen) atoms. The summed E-state index contributed by atoms with van der Waals surface area (Å²) in [5.41, 5.74) is 4.73. The van der Waals surface area contributed by atoms with Crippen LogP contribution in [0.25, 0.3) is 0 Å². The van der Waals surface area contributed by atoms with Gasteiger partial charge in [0.15, 0.2) is 0 Å². The molecule has 1 heterocycles. The summed E-state index contributed by atoms with van der Waals surface area (Å²) < 4.78 is 6.32. The Bertz CT molecular complexity index is 838. The number of halogens is 1. The van der Waals surface area contributed by atoms with Crippen LogP contribution in [0.1, 0.15) is 49.3 Å². The van der Waals surface area contributed by atoms with Crippen molar-refractivity contribution >= 4 is 23.2 Å². The van der Waals surface area contributed by atoms with E-state index in [0.29, 0.717) is 17.5 Å². The molecule has 2 aromatic carbocycles. The maximum Gasteiger partial charge on any atom is 0.227 e. The number of carbonyl (C=O) groups is 1. The molecule has 0 aromatic heterocycles. The first kappa shape index (κ1) is 18.5. The molecular weight excluding hydrogens is 358 g/mol. The molecule has 1 atom stereocenters. The molecule has 1 spiro atoms. The van der Waals surface area contributed by atoms with Crippen LogP contribution >= 0.6 is 11.6 Å². The van der Waals surface area contributed by atoms with Gasteiger partial charge >= 0.3 is 0 Å². The minimum absolute atomic E-state index is 0.0178. The Morgan fingerprint density at radius 1 is 1.19 bits per heavy atom. The van der Waals surface area contributed by atoms with Crippen LogP contribution in [0.5, 0.6) is 0 Å². The quantitative estimate of drug-likeness (QED) is 0.723. The SMILES string of the molecule is Cc1cccc2c1[C@]1(CC[C@@H](C(C)C(=O)Nc3ccc(Cl)cc3)CC1)OC2. The van der Waals surface area contributed by atoms with Crippen molar-refractivity contribution in [3.8, 4) is 0 Å². The Morgan fingerprint density at radius 2 is 1.89 bits per heavy atom. The van der Waals surface area contributed by atoms with Gasteiger partial charge in [-0.2, -0.15) is 0 Å². The highest BCUT2D eigenvalue weighted by Gasteiger charge is 2.45. The topological polar surface area (TPSA) is 38.3 Å².